The second-order valence-electron chi connectivity index (χ2n) is 5.97. The number of rotatable bonds is 8. The zero-order valence-electron chi connectivity index (χ0n) is 15.4. The van der Waals surface area contributed by atoms with Crippen LogP contribution in [0.1, 0.15) is 0 Å². The van der Waals surface area contributed by atoms with Gasteiger partial charge in [-0.25, -0.2) is 0 Å². The third-order valence-electron chi connectivity index (χ3n) is 3.84. The predicted molar refractivity (Wildman–Crippen MR) is 111 cm³/mol. The summed E-state index contributed by atoms with van der Waals surface area (Å²) in [6.45, 7) is -0.239. The van der Waals surface area contributed by atoms with Crippen molar-refractivity contribution in [2.24, 2.45) is 0 Å². The van der Waals surface area contributed by atoms with Gasteiger partial charge in [-0.3, -0.25) is 25.0 Å². The second-order valence-corrected chi connectivity index (χ2v) is 7.11. The number of hydrogen-bond donors (Lipinski definition) is 1. The van der Waals surface area contributed by atoms with Crippen molar-refractivity contribution >= 4 is 34.7 Å². The summed E-state index contributed by atoms with van der Waals surface area (Å²) >= 11 is 1.44. The summed E-state index contributed by atoms with van der Waals surface area (Å²) in [6.07, 6.45) is 0. The monoisotopic (exact) mass is 425 g/mol. The van der Waals surface area contributed by atoms with Gasteiger partial charge in [0, 0.05) is 39.7 Å². The summed E-state index contributed by atoms with van der Waals surface area (Å²) < 4.78 is 5.32. The first-order valence-corrected chi connectivity index (χ1v) is 9.42. The number of anilines is 1. The van der Waals surface area contributed by atoms with Gasteiger partial charge in [-0.2, -0.15) is 0 Å². The van der Waals surface area contributed by atoms with Gasteiger partial charge in [-0.05, 0) is 48.5 Å². The van der Waals surface area contributed by atoms with E-state index in [9.17, 15) is 25.0 Å². The van der Waals surface area contributed by atoms with E-state index in [0.29, 0.717) is 11.4 Å². The van der Waals surface area contributed by atoms with Crippen LogP contribution in [0.4, 0.5) is 17.1 Å². The molecule has 1 N–H and O–H groups in total. The molecule has 0 saturated heterocycles. The standard InChI is InChI=1S/C20H15N3O6S/c24-20(13-29-17-7-3-15(4-8-17)22(25)26)21-14-1-9-18(10-2-14)30-19-11-5-16(6-12-19)23(27)28/h1-12H,13H2,(H,21,24). The number of carbonyl (C=O) groups is 1. The lowest BCUT2D eigenvalue weighted by molar-refractivity contribution is -0.385. The van der Waals surface area contributed by atoms with Crippen molar-refractivity contribution < 1.29 is 19.4 Å². The molecule has 0 heterocycles. The molecular weight excluding hydrogens is 410 g/mol. The number of non-ortho nitro benzene ring substituents is 2. The second kappa shape index (κ2) is 9.52. The average molecular weight is 425 g/mol. The molecule has 9 nitrogen and oxygen atoms in total. The Morgan fingerprint density at radius 2 is 1.27 bits per heavy atom. The van der Waals surface area contributed by atoms with E-state index in [4.69, 9.17) is 4.74 Å². The van der Waals surface area contributed by atoms with Crippen molar-refractivity contribution in [3.63, 3.8) is 0 Å². The molecule has 10 heteroatoms. The van der Waals surface area contributed by atoms with Crippen molar-refractivity contribution in [3.05, 3.63) is 93.0 Å². The number of carbonyl (C=O) groups excluding carboxylic acids is 1. The third-order valence-corrected chi connectivity index (χ3v) is 4.85. The molecule has 0 atom stereocenters. The number of benzene rings is 3. The maximum absolute atomic E-state index is 12.0. The molecule has 3 rings (SSSR count). The van der Waals surface area contributed by atoms with E-state index < -0.39 is 9.85 Å². The molecule has 0 spiro atoms. The smallest absolute Gasteiger partial charge is 0.269 e. The first-order chi connectivity index (χ1) is 14.4. The Balaban J connectivity index is 1.50. The molecule has 0 radical (unpaired) electrons. The summed E-state index contributed by atoms with van der Waals surface area (Å²) in [5, 5.41) is 24.0. The van der Waals surface area contributed by atoms with Gasteiger partial charge in [-0.15, -0.1) is 0 Å². The molecule has 0 aromatic heterocycles. The quantitative estimate of drug-likeness (QED) is 0.410. The number of nitro benzene ring substituents is 2. The molecule has 0 aliphatic heterocycles. The van der Waals surface area contributed by atoms with Crippen LogP contribution in [0.15, 0.2) is 82.6 Å². The minimum Gasteiger partial charge on any atom is -0.484 e. The zero-order valence-corrected chi connectivity index (χ0v) is 16.2. The molecule has 0 aliphatic rings. The van der Waals surface area contributed by atoms with Crippen LogP contribution in [-0.2, 0) is 4.79 Å². The molecule has 0 saturated carbocycles. The molecule has 0 bridgehead atoms. The van der Waals surface area contributed by atoms with Crippen molar-refractivity contribution in [1.29, 1.82) is 0 Å². The molecular formula is C20H15N3O6S. The topological polar surface area (TPSA) is 125 Å². The summed E-state index contributed by atoms with van der Waals surface area (Å²) in [7, 11) is 0. The van der Waals surface area contributed by atoms with Crippen LogP contribution in [0.3, 0.4) is 0 Å². The number of amides is 1. The van der Waals surface area contributed by atoms with E-state index >= 15 is 0 Å². The summed E-state index contributed by atoms with van der Waals surface area (Å²) in [4.78, 5) is 34.1. The van der Waals surface area contributed by atoms with E-state index in [1.807, 2.05) is 12.1 Å². The van der Waals surface area contributed by atoms with E-state index in [0.717, 1.165) is 9.79 Å². The lowest BCUT2D eigenvalue weighted by Crippen LogP contribution is -2.20. The van der Waals surface area contributed by atoms with Crippen LogP contribution >= 0.6 is 11.8 Å². The van der Waals surface area contributed by atoms with Crippen LogP contribution in [0.25, 0.3) is 0 Å². The molecule has 0 unspecified atom stereocenters. The van der Waals surface area contributed by atoms with Crippen LogP contribution in [0.5, 0.6) is 5.75 Å². The molecule has 0 aliphatic carbocycles. The van der Waals surface area contributed by atoms with Crippen LogP contribution in [0, 0.1) is 20.2 Å². The van der Waals surface area contributed by atoms with Gasteiger partial charge >= 0.3 is 0 Å². The first kappa shape index (κ1) is 20.8. The van der Waals surface area contributed by atoms with Crippen LogP contribution in [-0.4, -0.2) is 22.4 Å². The van der Waals surface area contributed by atoms with E-state index in [-0.39, 0.29) is 23.9 Å². The van der Waals surface area contributed by atoms with E-state index in [1.54, 1.807) is 24.3 Å². The van der Waals surface area contributed by atoms with Gasteiger partial charge in [-0.1, -0.05) is 11.8 Å². The van der Waals surface area contributed by atoms with E-state index in [2.05, 4.69) is 5.32 Å². The highest BCUT2D eigenvalue weighted by Gasteiger charge is 2.08. The Bertz CT molecular complexity index is 1050. The van der Waals surface area contributed by atoms with Crippen LogP contribution in [0.2, 0.25) is 0 Å². The van der Waals surface area contributed by atoms with Crippen molar-refractivity contribution in [2.75, 3.05) is 11.9 Å². The third kappa shape index (κ3) is 5.79. The Hall–Kier alpha value is -3.92. The van der Waals surface area contributed by atoms with Crippen molar-refractivity contribution in [1.82, 2.24) is 0 Å². The average Bonchev–Trinajstić information content (AvgIpc) is 2.74. The highest BCUT2D eigenvalue weighted by molar-refractivity contribution is 7.99. The first-order valence-electron chi connectivity index (χ1n) is 8.60. The van der Waals surface area contributed by atoms with Gasteiger partial charge < -0.3 is 10.1 Å². The highest BCUT2D eigenvalue weighted by atomic mass is 32.2. The minimum absolute atomic E-state index is 0.0355. The minimum atomic E-state index is -0.514. The fourth-order valence-corrected chi connectivity index (χ4v) is 3.20. The largest absolute Gasteiger partial charge is 0.484 e. The number of ether oxygens (including phenoxy) is 1. The van der Waals surface area contributed by atoms with Gasteiger partial charge in [0.2, 0.25) is 0 Å². The van der Waals surface area contributed by atoms with Crippen molar-refractivity contribution in [3.8, 4) is 5.75 Å². The van der Waals surface area contributed by atoms with Crippen molar-refractivity contribution in [2.45, 2.75) is 9.79 Å². The molecule has 0 fully saturated rings. The normalized spacial score (nSPS) is 10.3. The van der Waals surface area contributed by atoms with E-state index in [1.165, 1.54) is 48.2 Å². The van der Waals surface area contributed by atoms with Crippen LogP contribution < -0.4 is 10.1 Å². The fraction of sp³-hybridized carbons (Fsp3) is 0.0500. The molecule has 30 heavy (non-hydrogen) atoms. The predicted octanol–water partition coefficient (Wildman–Crippen LogP) is 4.67. The Morgan fingerprint density at radius 1 is 0.800 bits per heavy atom. The SMILES string of the molecule is O=C(COc1ccc([N+](=O)[O-])cc1)Nc1ccc(Sc2ccc([N+](=O)[O-])cc2)cc1. The van der Waals surface area contributed by atoms with Gasteiger partial charge in [0.1, 0.15) is 5.75 Å². The number of nitrogens with zero attached hydrogens (tertiary/aromatic N) is 2. The maximum atomic E-state index is 12.0. The number of nitro groups is 2. The Morgan fingerprint density at radius 3 is 1.77 bits per heavy atom. The Kier molecular flexibility index (Phi) is 6.60. The van der Waals surface area contributed by atoms with Gasteiger partial charge in [0.15, 0.2) is 6.61 Å². The number of hydrogen-bond acceptors (Lipinski definition) is 7. The molecule has 152 valence electrons. The molecule has 3 aromatic carbocycles. The number of nitrogens with one attached hydrogen (secondary N) is 1. The zero-order chi connectivity index (χ0) is 21.5. The lowest BCUT2D eigenvalue weighted by Gasteiger charge is -2.08. The molecule has 1 amide bonds. The fourth-order valence-electron chi connectivity index (χ4n) is 2.39. The van der Waals surface area contributed by atoms with Gasteiger partial charge in [0.25, 0.3) is 17.3 Å². The molecule has 3 aromatic rings. The lowest BCUT2D eigenvalue weighted by atomic mass is 10.3. The Labute approximate surface area is 175 Å². The summed E-state index contributed by atoms with van der Waals surface area (Å²) in [6, 6.07) is 18.8. The summed E-state index contributed by atoms with van der Waals surface area (Å²) in [5.41, 5.74) is 0.562. The highest BCUT2D eigenvalue weighted by Crippen LogP contribution is 2.29. The summed E-state index contributed by atoms with van der Waals surface area (Å²) in [5.74, 6) is -0.0188. The van der Waals surface area contributed by atoms with Gasteiger partial charge in [0.05, 0.1) is 9.85 Å². The maximum Gasteiger partial charge on any atom is 0.269 e.